The van der Waals surface area contributed by atoms with E-state index in [0.29, 0.717) is 19.5 Å². The van der Waals surface area contributed by atoms with Crippen molar-refractivity contribution >= 4 is 0 Å². The molecule has 0 fully saturated rings. The minimum atomic E-state index is 0.512. The van der Waals surface area contributed by atoms with Gasteiger partial charge in [0.1, 0.15) is 11.5 Å². The Kier molecular flexibility index (Phi) is 5.17. The summed E-state index contributed by atoms with van der Waals surface area (Å²) in [5.74, 6) is 1.57. The standard InChI is InChI=1S/C12H16N2O2/c1-15-11-5-4-10(12(8-11)16-2)9-14-7-3-6-13/h4-5,8,14H,3,7,9H2,1-2H3. The van der Waals surface area contributed by atoms with Crippen LogP contribution in [0.2, 0.25) is 0 Å². The van der Waals surface area contributed by atoms with Gasteiger partial charge in [-0.1, -0.05) is 6.07 Å². The first-order valence-corrected chi connectivity index (χ1v) is 5.10. The Balaban J connectivity index is 2.61. The number of ether oxygens (including phenoxy) is 2. The minimum absolute atomic E-state index is 0.512. The van der Waals surface area contributed by atoms with Crippen molar-refractivity contribution in [2.75, 3.05) is 20.8 Å². The highest BCUT2D eigenvalue weighted by molar-refractivity contribution is 5.40. The Bertz CT molecular complexity index is 372. The Morgan fingerprint density at radius 2 is 2.12 bits per heavy atom. The molecule has 16 heavy (non-hydrogen) atoms. The maximum atomic E-state index is 8.40. The third-order valence-electron chi connectivity index (χ3n) is 2.22. The molecule has 0 atom stereocenters. The average molecular weight is 220 g/mol. The number of nitriles is 1. The molecule has 4 nitrogen and oxygen atoms in total. The fourth-order valence-electron chi connectivity index (χ4n) is 1.37. The molecule has 0 aliphatic carbocycles. The molecule has 0 spiro atoms. The number of hydrogen-bond donors (Lipinski definition) is 1. The van der Waals surface area contributed by atoms with E-state index in [9.17, 15) is 0 Å². The lowest BCUT2D eigenvalue weighted by Gasteiger charge is -2.10. The smallest absolute Gasteiger partial charge is 0.127 e. The van der Waals surface area contributed by atoms with E-state index in [-0.39, 0.29) is 0 Å². The Hall–Kier alpha value is -1.73. The number of hydrogen-bond acceptors (Lipinski definition) is 4. The van der Waals surface area contributed by atoms with Crippen molar-refractivity contribution in [3.05, 3.63) is 23.8 Å². The predicted molar refractivity (Wildman–Crippen MR) is 61.5 cm³/mol. The zero-order valence-electron chi connectivity index (χ0n) is 9.62. The molecule has 0 bridgehead atoms. The van der Waals surface area contributed by atoms with Crippen molar-refractivity contribution < 1.29 is 9.47 Å². The molecule has 0 saturated carbocycles. The fourth-order valence-corrected chi connectivity index (χ4v) is 1.37. The third kappa shape index (κ3) is 3.44. The molecule has 0 heterocycles. The van der Waals surface area contributed by atoms with Crippen LogP contribution in [0.25, 0.3) is 0 Å². The monoisotopic (exact) mass is 220 g/mol. The maximum Gasteiger partial charge on any atom is 0.127 e. The first-order valence-electron chi connectivity index (χ1n) is 5.10. The Morgan fingerprint density at radius 1 is 1.31 bits per heavy atom. The van der Waals surface area contributed by atoms with Gasteiger partial charge in [-0.3, -0.25) is 0 Å². The number of nitrogens with zero attached hydrogens (tertiary/aromatic N) is 1. The molecule has 0 unspecified atom stereocenters. The first kappa shape index (κ1) is 12.3. The Morgan fingerprint density at radius 3 is 2.75 bits per heavy atom. The maximum absolute atomic E-state index is 8.40. The van der Waals surface area contributed by atoms with E-state index < -0.39 is 0 Å². The summed E-state index contributed by atoms with van der Waals surface area (Å²) in [5, 5.41) is 11.6. The second-order valence-corrected chi connectivity index (χ2v) is 3.26. The molecule has 0 aliphatic rings. The van der Waals surface area contributed by atoms with Crippen LogP contribution in [-0.2, 0) is 6.54 Å². The Labute approximate surface area is 95.8 Å². The van der Waals surface area contributed by atoms with Crippen LogP contribution in [0.3, 0.4) is 0 Å². The lowest BCUT2D eigenvalue weighted by Crippen LogP contribution is -2.14. The van der Waals surface area contributed by atoms with Gasteiger partial charge in [0.25, 0.3) is 0 Å². The van der Waals surface area contributed by atoms with Crippen molar-refractivity contribution in [3.8, 4) is 17.6 Å². The normalized spacial score (nSPS) is 9.56. The van der Waals surface area contributed by atoms with Gasteiger partial charge in [0.05, 0.1) is 20.3 Å². The summed E-state index contributed by atoms with van der Waals surface area (Å²) in [7, 11) is 3.26. The lowest BCUT2D eigenvalue weighted by atomic mass is 10.2. The van der Waals surface area contributed by atoms with E-state index in [1.807, 2.05) is 18.2 Å². The largest absolute Gasteiger partial charge is 0.497 e. The van der Waals surface area contributed by atoms with Gasteiger partial charge in [0.2, 0.25) is 0 Å². The highest BCUT2D eigenvalue weighted by Gasteiger charge is 2.03. The lowest BCUT2D eigenvalue weighted by molar-refractivity contribution is 0.390. The highest BCUT2D eigenvalue weighted by atomic mass is 16.5. The molecule has 1 N–H and O–H groups in total. The molecule has 1 aromatic rings. The average Bonchev–Trinajstić information content (AvgIpc) is 2.34. The summed E-state index contributed by atoms with van der Waals surface area (Å²) in [4.78, 5) is 0. The molecule has 0 saturated heterocycles. The summed E-state index contributed by atoms with van der Waals surface area (Å²) in [5.41, 5.74) is 1.06. The zero-order chi connectivity index (χ0) is 11.8. The van der Waals surface area contributed by atoms with Crippen molar-refractivity contribution in [1.82, 2.24) is 5.32 Å². The molecule has 0 amide bonds. The van der Waals surface area contributed by atoms with E-state index in [1.54, 1.807) is 14.2 Å². The summed E-state index contributed by atoms with van der Waals surface area (Å²) in [6.45, 7) is 1.38. The minimum Gasteiger partial charge on any atom is -0.497 e. The zero-order valence-corrected chi connectivity index (χ0v) is 9.62. The van der Waals surface area contributed by atoms with E-state index in [2.05, 4.69) is 11.4 Å². The summed E-state index contributed by atoms with van der Waals surface area (Å²) >= 11 is 0. The summed E-state index contributed by atoms with van der Waals surface area (Å²) in [6, 6.07) is 7.78. The van der Waals surface area contributed by atoms with Crippen molar-refractivity contribution in [3.63, 3.8) is 0 Å². The molecule has 1 aromatic carbocycles. The highest BCUT2D eigenvalue weighted by Crippen LogP contribution is 2.24. The van der Waals surface area contributed by atoms with Crippen LogP contribution >= 0.6 is 0 Å². The van der Waals surface area contributed by atoms with E-state index in [0.717, 1.165) is 17.1 Å². The third-order valence-corrected chi connectivity index (χ3v) is 2.22. The molecule has 4 heteroatoms. The van der Waals surface area contributed by atoms with E-state index in [1.165, 1.54) is 0 Å². The number of benzene rings is 1. The van der Waals surface area contributed by atoms with Crippen LogP contribution in [0, 0.1) is 11.3 Å². The topological polar surface area (TPSA) is 54.3 Å². The molecule has 86 valence electrons. The molecule has 0 radical (unpaired) electrons. The molecular weight excluding hydrogens is 204 g/mol. The van der Waals surface area contributed by atoms with Crippen LogP contribution in [-0.4, -0.2) is 20.8 Å². The van der Waals surface area contributed by atoms with E-state index >= 15 is 0 Å². The second kappa shape index (κ2) is 6.70. The van der Waals surface area contributed by atoms with Crippen LogP contribution in [0.15, 0.2) is 18.2 Å². The molecule has 0 aliphatic heterocycles. The van der Waals surface area contributed by atoms with Crippen molar-refractivity contribution in [1.29, 1.82) is 5.26 Å². The number of rotatable bonds is 6. The van der Waals surface area contributed by atoms with Gasteiger partial charge in [-0.15, -0.1) is 0 Å². The number of methoxy groups -OCH3 is 2. The van der Waals surface area contributed by atoms with Crippen LogP contribution in [0.5, 0.6) is 11.5 Å². The van der Waals surface area contributed by atoms with Gasteiger partial charge < -0.3 is 14.8 Å². The van der Waals surface area contributed by atoms with Gasteiger partial charge in [-0.2, -0.15) is 5.26 Å². The second-order valence-electron chi connectivity index (χ2n) is 3.26. The predicted octanol–water partition coefficient (Wildman–Crippen LogP) is 1.71. The van der Waals surface area contributed by atoms with Crippen LogP contribution < -0.4 is 14.8 Å². The van der Waals surface area contributed by atoms with Gasteiger partial charge in [0.15, 0.2) is 0 Å². The summed E-state index contributed by atoms with van der Waals surface area (Å²) < 4.78 is 10.4. The van der Waals surface area contributed by atoms with Gasteiger partial charge >= 0.3 is 0 Å². The van der Waals surface area contributed by atoms with Gasteiger partial charge in [0, 0.05) is 31.1 Å². The van der Waals surface area contributed by atoms with Gasteiger partial charge in [-0.05, 0) is 6.07 Å². The SMILES string of the molecule is COc1ccc(CNCCC#N)c(OC)c1. The van der Waals surface area contributed by atoms with Gasteiger partial charge in [-0.25, -0.2) is 0 Å². The van der Waals surface area contributed by atoms with E-state index in [4.69, 9.17) is 14.7 Å². The first-order chi connectivity index (χ1) is 7.81. The van der Waals surface area contributed by atoms with Crippen molar-refractivity contribution in [2.45, 2.75) is 13.0 Å². The fraction of sp³-hybridized carbons (Fsp3) is 0.417. The van der Waals surface area contributed by atoms with Crippen LogP contribution in [0.4, 0.5) is 0 Å². The quantitative estimate of drug-likeness (QED) is 0.741. The molecule has 1 rings (SSSR count). The summed E-state index contributed by atoms with van der Waals surface area (Å²) in [6.07, 6.45) is 0.512. The van der Waals surface area contributed by atoms with Crippen LogP contribution in [0.1, 0.15) is 12.0 Å². The molecular formula is C12H16N2O2. The molecule has 0 aromatic heterocycles. The number of nitrogens with one attached hydrogen (secondary N) is 1. The van der Waals surface area contributed by atoms with Crippen molar-refractivity contribution in [2.24, 2.45) is 0 Å².